The van der Waals surface area contributed by atoms with Gasteiger partial charge in [-0.3, -0.25) is 0 Å². The molecule has 0 aromatic heterocycles. The first-order valence-corrected chi connectivity index (χ1v) is 5.77. The van der Waals surface area contributed by atoms with Crippen molar-refractivity contribution in [1.82, 2.24) is 0 Å². The minimum absolute atomic E-state index is 1.27. The van der Waals surface area contributed by atoms with Crippen molar-refractivity contribution in [2.75, 3.05) is 0 Å². The highest BCUT2D eigenvalue weighted by atomic mass is 28.3. The maximum Gasteiger partial charge on any atom is 0.154 e. The topological polar surface area (TPSA) is 0 Å². The molecule has 0 nitrogen and oxygen atoms in total. The average molecular weight is 124 g/mol. The first kappa shape index (κ1) is 7.52. The van der Waals surface area contributed by atoms with Gasteiger partial charge in [0.25, 0.3) is 0 Å². The third kappa shape index (κ3) is 2.65. The predicted octanol–water partition coefficient (Wildman–Crippen LogP) is 1.98. The molecule has 0 N–H and O–H groups in total. The van der Waals surface area contributed by atoms with Gasteiger partial charge in [0.05, 0.1) is 0 Å². The lowest BCUT2D eigenvalue weighted by molar-refractivity contribution is 1.86. The molecule has 1 heteroatoms. The zero-order valence-electron chi connectivity index (χ0n) is 5.78. The van der Waals surface area contributed by atoms with Crippen molar-refractivity contribution < 1.29 is 0 Å². The van der Waals surface area contributed by atoms with Crippen LogP contribution in [-0.4, -0.2) is 8.07 Å². The first-order valence-electron chi connectivity index (χ1n) is 2.70. The molecule has 0 rings (SSSR count). The van der Waals surface area contributed by atoms with Gasteiger partial charge in [-0.2, -0.15) is 0 Å². The van der Waals surface area contributed by atoms with Gasteiger partial charge in [-0.1, -0.05) is 18.8 Å². The summed E-state index contributed by atoms with van der Waals surface area (Å²) in [7, 11) is -1.27. The van der Waals surface area contributed by atoms with Crippen molar-refractivity contribution in [2.45, 2.75) is 20.0 Å². The summed E-state index contributed by atoms with van der Waals surface area (Å²) in [6.07, 6.45) is 0. The standard InChI is InChI=1S/C7H12Si/c1-5-7-8(3,4)6-2/h6H,2H2,1,3-4H3. The van der Waals surface area contributed by atoms with Crippen LogP contribution in [0.1, 0.15) is 6.92 Å². The van der Waals surface area contributed by atoms with Crippen LogP contribution < -0.4 is 0 Å². The molecule has 0 radical (unpaired) electrons. The highest BCUT2D eigenvalue weighted by Crippen LogP contribution is 1.98. The van der Waals surface area contributed by atoms with Crippen LogP contribution >= 0.6 is 0 Å². The lowest BCUT2D eigenvalue weighted by Gasteiger charge is -2.04. The van der Waals surface area contributed by atoms with E-state index in [-0.39, 0.29) is 0 Å². The number of rotatable bonds is 1. The molecule has 0 atom stereocenters. The summed E-state index contributed by atoms with van der Waals surface area (Å²) in [6.45, 7) is 9.94. The molecule has 0 bridgehead atoms. The van der Waals surface area contributed by atoms with E-state index in [0.29, 0.717) is 0 Å². The Morgan fingerprint density at radius 3 is 2.12 bits per heavy atom. The summed E-state index contributed by atoms with van der Waals surface area (Å²) >= 11 is 0. The van der Waals surface area contributed by atoms with Gasteiger partial charge >= 0.3 is 0 Å². The molecule has 0 saturated carbocycles. The normalized spacial score (nSPS) is 9.38. The minimum atomic E-state index is -1.27. The van der Waals surface area contributed by atoms with Gasteiger partial charge in [0, 0.05) is 0 Å². The van der Waals surface area contributed by atoms with E-state index in [1.54, 1.807) is 0 Å². The second-order valence-corrected chi connectivity index (χ2v) is 6.40. The van der Waals surface area contributed by atoms with E-state index in [1.807, 2.05) is 12.6 Å². The quantitative estimate of drug-likeness (QED) is 0.370. The summed E-state index contributed by atoms with van der Waals surface area (Å²) in [6, 6.07) is 0. The smallest absolute Gasteiger partial charge is 0.127 e. The molecule has 44 valence electrons. The van der Waals surface area contributed by atoms with Crippen LogP contribution in [0, 0.1) is 11.5 Å². The van der Waals surface area contributed by atoms with Gasteiger partial charge in [0.1, 0.15) is 0 Å². The second-order valence-electron chi connectivity index (χ2n) is 2.30. The second kappa shape index (κ2) is 2.73. The number of hydrogen-bond acceptors (Lipinski definition) is 0. The average Bonchev–Trinajstić information content (AvgIpc) is 1.67. The molecule has 0 aliphatic carbocycles. The summed E-state index contributed by atoms with van der Waals surface area (Å²) in [5.41, 5.74) is 5.13. The summed E-state index contributed by atoms with van der Waals surface area (Å²) in [5, 5.41) is 0. The van der Waals surface area contributed by atoms with E-state index < -0.39 is 8.07 Å². The fourth-order valence-corrected chi connectivity index (χ4v) is 1.12. The maximum atomic E-state index is 3.71. The van der Waals surface area contributed by atoms with Gasteiger partial charge in [0.15, 0.2) is 8.07 Å². The Kier molecular flexibility index (Phi) is 2.57. The van der Waals surface area contributed by atoms with Gasteiger partial charge in [-0.15, -0.1) is 18.0 Å². The van der Waals surface area contributed by atoms with E-state index >= 15 is 0 Å². The Labute approximate surface area is 52.6 Å². The molecule has 0 heterocycles. The van der Waals surface area contributed by atoms with Crippen molar-refractivity contribution in [3.63, 3.8) is 0 Å². The third-order valence-corrected chi connectivity index (χ3v) is 2.87. The largest absolute Gasteiger partial charge is 0.154 e. The summed E-state index contributed by atoms with van der Waals surface area (Å²) in [5.74, 6) is 2.90. The van der Waals surface area contributed by atoms with Gasteiger partial charge in [0.2, 0.25) is 0 Å². The van der Waals surface area contributed by atoms with Crippen LogP contribution in [0.15, 0.2) is 12.3 Å². The van der Waals surface area contributed by atoms with Gasteiger partial charge in [-0.05, 0) is 6.92 Å². The van der Waals surface area contributed by atoms with Crippen LogP contribution in [0.2, 0.25) is 13.1 Å². The lowest BCUT2D eigenvalue weighted by Crippen LogP contribution is -2.18. The van der Waals surface area contributed by atoms with Crippen LogP contribution in [0.5, 0.6) is 0 Å². The Bertz CT molecular complexity index is 134. The summed E-state index contributed by atoms with van der Waals surface area (Å²) < 4.78 is 0. The summed E-state index contributed by atoms with van der Waals surface area (Å²) in [4.78, 5) is 0. The van der Waals surface area contributed by atoms with Crippen LogP contribution in [0.3, 0.4) is 0 Å². The third-order valence-electron chi connectivity index (χ3n) is 0.957. The van der Waals surface area contributed by atoms with E-state index in [4.69, 9.17) is 0 Å². The predicted molar refractivity (Wildman–Crippen MR) is 41.1 cm³/mol. The molecule has 8 heavy (non-hydrogen) atoms. The van der Waals surface area contributed by atoms with E-state index in [2.05, 4.69) is 31.1 Å². The molecular formula is C7H12Si. The molecule has 0 aliphatic heterocycles. The molecular weight excluding hydrogens is 112 g/mol. The molecule has 0 aliphatic rings. The maximum absolute atomic E-state index is 3.71. The van der Waals surface area contributed by atoms with Crippen molar-refractivity contribution in [2.24, 2.45) is 0 Å². The van der Waals surface area contributed by atoms with Crippen molar-refractivity contribution in [1.29, 1.82) is 0 Å². The Hall–Kier alpha value is -0.483. The highest BCUT2D eigenvalue weighted by Gasteiger charge is 2.09. The van der Waals surface area contributed by atoms with Crippen molar-refractivity contribution in [3.8, 4) is 11.5 Å². The van der Waals surface area contributed by atoms with Crippen LogP contribution in [-0.2, 0) is 0 Å². The molecule has 0 aromatic carbocycles. The number of hydrogen-bond donors (Lipinski definition) is 0. The zero-order valence-corrected chi connectivity index (χ0v) is 6.78. The lowest BCUT2D eigenvalue weighted by atomic mass is 10.8. The van der Waals surface area contributed by atoms with Gasteiger partial charge in [-0.25, -0.2) is 0 Å². The molecule has 0 unspecified atom stereocenters. The Morgan fingerprint density at radius 2 is 2.00 bits per heavy atom. The SMILES string of the molecule is C=C[Si](C)(C)C#CC. The molecule has 0 fully saturated rings. The fourth-order valence-electron chi connectivity index (χ4n) is 0.373. The zero-order chi connectivity index (χ0) is 6.62. The van der Waals surface area contributed by atoms with Gasteiger partial charge < -0.3 is 0 Å². The molecule has 0 saturated heterocycles. The Morgan fingerprint density at radius 1 is 1.50 bits per heavy atom. The van der Waals surface area contributed by atoms with Crippen molar-refractivity contribution in [3.05, 3.63) is 12.3 Å². The van der Waals surface area contributed by atoms with E-state index in [1.165, 1.54) is 0 Å². The molecule has 0 spiro atoms. The van der Waals surface area contributed by atoms with E-state index in [9.17, 15) is 0 Å². The van der Waals surface area contributed by atoms with E-state index in [0.717, 1.165) is 0 Å². The Balaban J connectivity index is 4.05. The highest BCUT2D eigenvalue weighted by molar-refractivity contribution is 6.89. The first-order chi connectivity index (χ1) is 3.62. The minimum Gasteiger partial charge on any atom is -0.127 e. The van der Waals surface area contributed by atoms with Crippen LogP contribution in [0.25, 0.3) is 0 Å². The van der Waals surface area contributed by atoms with Crippen molar-refractivity contribution >= 4 is 8.07 Å². The monoisotopic (exact) mass is 124 g/mol. The fraction of sp³-hybridized carbons (Fsp3) is 0.429. The van der Waals surface area contributed by atoms with Crippen LogP contribution in [0.4, 0.5) is 0 Å². The molecule has 0 aromatic rings. The molecule has 0 amide bonds.